The molecule has 5 N–H and O–H groups in total. The summed E-state index contributed by atoms with van der Waals surface area (Å²) in [6.45, 7) is 1.44. The molecule has 0 aliphatic carbocycles. The molecule has 9 heteroatoms. The summed E-state index contributed by atoms with van der Waals surface area (Å²) >= 11 is 0. The van der Waals surface area contributed by atoms with Gasteiger partial charge in [-0.25, -0.2) is 17.9 Å². The van der Waals surface area contributed by atoms with Crippen LogP contribution >= 0.6 is 0 Å². The first-order chi connectivity index (χ1) is 15.4. The van der Waals surface area contributed by atoms with Crippen molar-refractivity contribution < 1.29 is 23.1 Å². The Morgan fingerprint density at radius 2 is 1.88 bits per heavy atom. The van der Waals surface area contributed by atoms with Gasteiger partial charge in [0.1, 0.15) is 5.75 Å². The summed E-state index contributed by atoms with van der Waals surface area (Å²) < 4.78 is 33.1. The molecule has 32 heavy (non-hydrogen) atoms. The minimum Gasteiger partial charge on any atom is -0.494 e. The van der Waals surface area contributed by atoms with Gasteiger partial charge >= 0.3 is 5.97 Å². The van der Waals surface area contributed by atoms with Crippen LogP contribution in [0.25, 0.3) is 10.9 Å². The van der Waals surface area contributed by atoms with E-state index < -0.39 is 16.0 Å². The number of carboxylic acid groups (broad SMARTS) is 1. The minimum absolute atomic E-state index is 0.213. The van der Waals surface area contributed by atoms with Crippen LogP contribution in [0.3, 0.4) is 0 Å². The van der Waals surface area contributed by atoms with Crippen molar-refractivity contribution in [2.24, 2.45) is 5.73 Å². The van der Waals surface area contributed by atoms with Crippen LogP contribution < -0.4 is 15.2 Å². The maximum Gasteiger partial charge on any atom is 0.337 e. The third-order valence-corrected chi connectivity index (χ3v) is 6.71. The zero-order valence-electron chi connectivity index (χ0n) is 17.8. The quantitative estimate of drug-likeness (QED) is 0.290. The first-order valence-corrected chi connectivity index (χ1v) is 12.2. The highest BCUT2D eigenvalue weighted by atomic mass is 32.2. The van der Waals surface area contributed by atoms with Gasteiger partial charge in [-0.15, -0.1) is 0 Å². The summed E-state index contributed by atoms with van der Waals surface area (Å²) in [5.41, 5.74) is 7.68. The maximum absolute atomic E-state index is 12.4. The lowest BCUT2D eigenvalue weighted by Crippen LogP contribution is -2.26. The predicted molar refractivity (Wildman–Crippen MR) is 124 cm³/mol. The van der Waals surface area contributed by atoms with Crippen molar-refractivity contribution in [1.82, 2.24) is 9.71 Å². The van der Waals surface area contributed by atoms with E-state index in [1.54, 1.807) is 0 Å². The van der Waals surface area contributed by atoms with Gasteiger partial charge in [0.15, 0.2) is 0 Å². The van der Waals surface area contributed by atoms with E-state index in [0.29, 0.717) is 19.6 Å². The van der Waals surface area contributed by atoms with Crippen LogP contribution in [-0.2, 0) is 16.4 Å². The summed E-state index contributed by atoms with van der Waals surface area (Å²) in [6, 6.07) is 11.6. The normalized spacial score (nSPS) is 11.7. The van der Waals surface area contributed by atoms with E-state index in [0.717, 1.165) is 42.3 Å². The van der Waals surface area contributed by atoms with Gasteiger partial charge < -0.3 is 20.6 Å². The first kappa shape index (κ1) is 23.8. The number of carboxylic acids is 1. The molecule has 3 aromatic rings. The van der Waals surface area contributed by atoms with Crippen LogP contribution in [0.15, 0.2) is 53.6 Å². The lowest BCUT2D eigenvalue weighted by Gasteiger charge is -2.09. The molecule has 0 unspecified atom stereocenters. The van der Waals surface area contributed by atoms with E-state index in [-0.39, 0.29) is 17.0 Å². The summed E-state index contributed by atoms with van der Waals surface area (Å²) in [5, 5.41) is 10.3. The predicted octanol–water partition coefficient (Wildman–Crippen LogP) is 3.29. The Morgan fingerprint density at radius 3 is 2.66 bits per heavy atom. The fraction of sp³-hybridized carbons (Fsp3) is 0.348. The zero-order chi connectivity index (χ0) is 23.0. The largest absolute Gasteiger partial charge is 0.494 e. The summed E-state index contributed by atoms with van der Waals surface area (Å²) in [7, 11) is -3.86. The molecule has 0 saturated carbocycles. The number of H-pyrrole nitrogens is 1. The minimum atomic E-state index is -3.86. The number of carbonyl (C=O) groups is 1. The van der Waals surface area contributed by atoms with Crippen molar-refractivity contribution in [2.45, 2.75) is 37.0 Å². The van der Waals surface area contributed by atoms with Gasteiger partial charge in [-0.2, -0.15) is 0 Å². The number of ether oxygens (including phenoxy) is 1. The monoisotopic (exact) mass is 459 g/mol. The number of aromatic nitrogens is 1. The van der Waals surface area contributed by atoms with Crippen LogP contribution in [0.1, 0.15) is 41.6 Å². The van der Waals surface area contributed by atoms with Crippen molar-refractivity contribution in [3.05, 3.63) is 59.8 Å². The third-order valence-electron chi connectivity index (χ3n) is 5.19. The first-order valence-electron chi connectivity index (χ1n) is 10.7. The number of benzene rings is 2. The van der Waals surface area contributed by atoms with Crippen LogP contribution in [0.4, 0.5) is 0 Å². The molecule has 1 aromatic heterocycles. The third kappa shape index (κ3) is 6.09. The molecule has 0 amide bonds. The average Bonchev–Trinajstić information content (AvgIpc) is 3.18. The van der Waals surface area contributed by atoms with E-state index >= 15 is 0 Å². The standard InChI is InChI=1S/C23H29N3O5S/c24-12-11-17-16-25-21-10-9-18(15-20(17)21)31-14-6-2-1-5-13-26-32(29,30)22-8-4-3-7-19(22)23(27)28/h3-4,7-10,15-16,25-26H,1-2,5-6,11-14,24H2,(H,27,28). The maximum atomic E-state index is 12.4. The van der Waals surface area contributed by atoms with E-state index in [1.165, 1.54) is 29.8 Å². The van der Waals surface area contributed by atoms with Gasteiger partial charge in [-0.1, -0.05) is 25.0 Å². The number of fused-ring (bicyclic) bond motifs is 1. The van der Waals surface area contributed by atoms with E-state index in [2.05, 4.69) is 9.71 Å². The molecule has 172 valence electrons. The van der Waals surface area contributed by atoms with Crippen molar-refractivity contribution in [3.63, 3.8) is 0 Å². The SMILES string of the molecule is NCCc1c[nH]c2ccc(OCCCCCCNS(=O)(=O)c3ccccc3C(=O)O)cc12. The number of hydrogen-bond acceptors (Lipinski definition) is 5. The molecule has 0 aliphatic heterocycles. The Morgan fingerprint density at radius 1 is 1.09 bits per heavy atom. The van der Waals surface area contributed by atoms with Crippen molar-refractivity contribution in [1.29, 1.82) is 0 Å². The van der Waals surface area contributed by atoms with E-state index in [9.17, 15) is 18.3 Å². The van der Waals surface area contributed by atoms with E-state index in [4.69, 9.17) is 10.5 Å². The number of nitrogens with two attached hydrogens (primary N) is 1. The van der Waals surface area contributed by atoms with Gasteiger partial charge in [0.25, 0.3) is 0 Å². The topological polar surface area (TPSA) is 135 Å². The molecular formula is C23H29N3O5S. The molecule has 0 atom stereocenters. The van der Waals surface area contributed by atoms with Crippen LogP contribution in [0, 0.1) is 0 Å². The smallest absolute Gasteiger partial charge is 0.337 e. The van der Waals surface area contributed by atoms with Gasteiger partial charge in [-0.3, -0.25) is 0 Å². The zero-order valence-corrected chi connectivity index (χ0v) is 18.7. The highest BCUT2D eigenvalue weighted by molar-refractivity contribution is 7.89. The van der Waals surface area contributed by atoms with E-state index in [1.807, 2.05) is 24.4 Å². The number of aromatic carboxylic acids is 1. The van der Waals surface area contributed by atoms with Crippen molar-refractivity contribution >= 4 is 26.9 Å². The Kier molecular flexibility index (Phi) is 8.26. The molecule has 0 spiro atoms. The fourth-order valence-electron chi connectivity index (χ4n) is 3.54. The lowest BCUT2D eigenvalue weighted by atomic mass is 10.1. The molecule has 0 saturated heterocycles. The highest BCUT2D eigenvalue weighted by Gasteiger charge is 2.21. The number of hydrogen-bond donors (Lipinski definition) is 4. The Balaban J connectivity index is 1.37. The van der Waals surface area contributed by atoms with Crippen molar-refractivity contribution in [3.8, 4) is 5.75 Å². The fourth-order valence-corrected chi connectivity index (χ4v) is 4.81. The van der Waals surface area contributed by atoms with Gasteiger partial charge in [0.05, 0.1) is 17.1 Å². The van der Waals surface area contributed by atoms with Crippen LogP contribution in [-0.4, -0.2) is 44.2 Å². The number of unbranched alkanes of at least 4 members (excludes halogenated alkanes) is 3. The second-order valence-corrected chi connectivity index (χ2v) is 9.26. The van der Waals surface area contributed by atoms with Crippen molar-refractivity contribution in [2.75, 3.05) is 19.7 Å². The van der Waals surface area contributed by atoms with Gasteiger partial charge in [-0.05, 0) is 61.7 Å². The highest BCUT2D eigenvalue weighted by Crippen LogP contribution is 2.24. The van der Waals surface area contributed by atoms with Crippen LogP contribution in [0.5, 0.6) is 5.75 Å². The Hall–Kier alpha value is -2.88. The lowest BCUT2D eigenvalue weighted by molar-refractivity contribution is 0.0692. The molecule has 3 rings (SSSR count). The molecule has 8 nitrogen and oxygen atoms in total. The molecular weight excluding hydrogens is 430 g/mol. The summed E-state index contributed by atoms with van der Waals surface area (Å²) in [5.74, 6) is -0.447. The second kappa shape index (κ2) is 11.1. The Bertz CT molecular complexity index is 1160. The molecule has 0 bridgehead atoms. The number of sulfonamides is 1. The Labute approximate surface area is 187 Å². The molecule has 0 aliphatic rings. The summed E-state index contributed by atoms with van der Waals surface area (Å²) in [6.07, 6.45) is 6.05. The molecule has 2 aromatic carbocycles. The average molecular weight is 460 g/mol. The number of aromatic amines is 1. The molecule has 0 radical (unpaired) electrons. The second-order valence-electron chi connectivity index (χ2n) is 7.52. The molecule has 1 heterocycles. The van der Waals surface area contributed by atoms with Crippen LogP contribution in [0.2, 0.25) is 0 Å². The number of nitrogens with one attached hydrogen (secondary N) is 2. The summed E-state index contributed by atoms with van der Waals surface area (Å²) in [4.78, 5) is 14.3. The number of rotatable bonds is 13. The molecule has 0 fully saturated rings. The van der Waals surface area contributed by atoms with Gasteiger partial charge in [0.2, 0.25) is 10.0 Å². The van der Waals surface area contributed by atoms with Gasteiger partial charge in [0, 0.05) is 23.6 Å².